The molecular weight excluding hydrogens is 200 g/mol. The summed E-state index contributed by atoms with van der Waals surface area (Å²) in [5.74, 6) is 0.524. The van der Waals surface area contributed by atoms with E-state index in [2.05, 4.69) is 31.1 Å². The Morgan fingerprint density at radius 1 is 1.25 bits per heavy atom. The van der Waals surface area contributed by atoms with Gasteiger partial charge in [0.2, 0.25) is 0 Å². The van der Waals surface area contributed by atoms with Gasteiger partial charge in [0, 0.05) is 31.1 Å². The molecule has 3 heteroatoms. The van der Waals surface area contributed by atoms with Crippen LogP contribution in [0.25, 0.3) is 0 Å². The number of hydrogen-bond donors (Lipinski definition) is 2. The molecule has 0 aliphatic rings. The van der Waals surface area contributed by atoms with Gasteiger partial charge in [0.05, 0.1) is 0 Å². The SMILES string of the molecule is CC(NC(CCO)C(C)C)c1ccncc1. The van der Waals surface area contributed by atoms with E-state index in [1.54, 1.807) is 0 Å². The van der Waals surface area contributed by atoms with E-state index in [9.17, 15) is 0 Å². The molecule has 0 bridgehead atoms. The highest BCUT2D eigenvalue weighted by atomic mass is 16.3. The molecule has 2 unspecified atom stereocenters. The van der Waals surface area contributed by atoms with Crippen LogP contribution in [0, 0.1) is 5.92 Å². The van der Waals surface area contributed by atoms with Gasteiger partial charge in [-0.25, -0.2) is 0 Å². The van der Waals surface area contributed by atoms with Crippen molar-refractivity contribution in [2.75, 3.05) is 6.61 Å². The standard InChI is InChI=1S/C13H22N2O/c1-10(2)13(6-9-16)15-11(3)12-4-7-14-8-5-12/h4-5,7-8,10-11,13,15-16H,6,9H2,1-3H3. The zero-order valence-corrected chi connectivity index (χ0v) is 10.4. The molecule has 0 saturated carbocycles. The lowest BCUT2D eigenvalue weighted by atomic mass is 9.99. The monoisotopic (exact) mass is 222 g/mol. The molecule has 2 N–H and O–H groups in total. The number of rotatable bonds is 6. The number of aromatic nitrogens is 1. The van der Waals surface area contributed by atoms with Crippen molar-refractivity contribution in [1.82, 2.24) is 10.3 Å². The Kier molecular flexibility index (Phi) is 5.43. The quantitative estimate of drug-likeness (QED) is 0.775. The van der Waals surface area contributed by atoms with Crippen LogP contribution in [0.15, 0.2) is 24.5 Å². The van der Waals surface area contributed by atoms with E-state index in [0.717, 1.165) is 6.42 Å². The van der Waals surface area contributed by atoms with Crippen molar-refractivity contribution in [3.8, 4) is 0 Å². The van der Waals surface area contributed by atoms with Gasteiger partial charge in [0.25, 0.3) is 0 Å². The lowest BCUT2D eigenvalue weighted by Crippen LogP contribution is -2.36. The van der Waals surface area contributed by atoms with Crippen molar-refractivity contribution in [2.24, 2.45) is 5.92 Å². The topological polar surface area (TPSA) is 45.1 Å². The maximum Gasteiger partial charge on any atom is 0.0445 e. The summed E-state index contributed by atoms with van der Waals surface area (Å²) in [6.07, 6.45) is 4.42. The van der Waals surface area contributed by atoms with Crippen LogP contribution in [-0.2, 0) is 0 Å². The predicted octanol–water partition coefficient (Wildman–Crippen LogP) is 2.14. The first-order valence-corrected chi connectivity index (χ1v) is 5.92. The van der Waals surface area contributed by atoms with Crippen molar-refractivity contribution < 1.29 is 5.11 Å². The summed E-state index contributed by atoms with van der Waals surface area (Å²) in [5.41, 5.74) is 1.23. The molecule has 0 aromatic carbocycles. The fourth-order valence-electron chi connectivity index (χ4n) is 1.82. The van der Waals surface area contributed by atoms with E-state index in [1.807, 2.05) is 24.5 Å². The van der Waals surface area contributed by atoms with Gasteiger partial charge in [-0.1, -0.05) is 13.8 Å². The number of nitrogens with one attached hydrogen (secondary N) is 1. The third-order valence-corrected chi connectivity index (χ3v) is 2.92. The van der Waals surface area contributed by atoms with Crippen molar-refractivity contribution >= 4 is 0 Å². The summed E-state index contributed by atoms with van der Waals surface area (Å²) < 4.78 is 0. The average molecular weight is 222 g/mol. The molecule has 0 spiro atoms. The third-order valence-electron chi connectivity index (χ3n) is 2.92. The smallest absolute Gasteiger partial charge is 0.0445 e. The first-order valence-electron chi connectivity index (χ1n) is 5.92. The van der Waals surface area contributed by atoms with Crippen LogP contribution in [0.3, 0.4) is 0 Å². The van der Waals surface area contributed by atoms with Crippen LogP contribution < -0.4 is 5.32 Å². The molecular formula is C13H22N2O. The number of pyridine rings is 1. The minimum Gasteiger partial charge on any atom is -0.396 e. The van der Waals surface area contributed by atoms with Gasteiger partial charge in [-0.2, -0.15) is 0 Å². The zero-order valence-electron chi connectivity index (χ0n) is 10.4. The van der Waals surface area contributed by atoms with Crippen molar-refractivity contribution in [3.63, 3.8) is 0 Å². The average Bonchev–Trinajstić information content (AvgIpc) is 2.29. The molecule has 0 radical (unpaired) electrons. The molecule has 1 rings (SSSR count). The Hall–Kier alpha value is -0.930. The van der Waals surface area contributed by atoms with Crippen molar-refractivity contribution in [3.05, 3.63) is 30.1 Å². The van der Waals surface area contributed by atoms with E-state index in [-0.39, 0.29) is 6.61 Å². The highest BCUT2D eigenvalue weighted by molar-refractivity contribution is 5.14. The summed E-state index contributed by atoms with van der Waals surface area (Å²) >= 11 is 0. The Bertz CT molecular complexity index is 287. The van der Waals surface area contributed by atoms with Gasteiger partial charge in [-0.3, -0.25) is 4.98 Å². The molecule has 16 heavy (non-hydrogen) atoms. The van der Waals surface area contributed by atoms with Crippen LogP contribution in [0.5, 0.6) is 0 Å². The zero-order chi connectivity index (χ0) is 12.0. The Labute approximate surface area is 97.9 Å². The minimum absolute atomic E-state index is 0.235. The molecule has 3 nitrogen and oxygen atoms in total. The van der Waals surface area contributed by atoms with E-state index in [4.69, 9.17) is 5.11 Å². The first kappa shape index (κ1) is 13.1. The summed E-state index contributed by atoms with van der Waals surface area (Å²) in [4.78, 5) is 4.01. The first-order chi connectivity index (χ1) is 7.65. The summed E-state index contributed by atoms with van der Waals surface area (Å²) in [7, 11) is 0. The van der Waals surface area contributed by atoms with Gasteiger partial charge >= 0.3 is 0 Å². The Morgan fingerprint density at radius 2 is 1.88 bits per heavy atom. The van der Waals surface area contributed by atoms with Gasteiger partial charge in [0.1, 0.15) is 0 Å². The highest BCUT2D eigenvalue weighted by Crippen LogP contribution is 2.15. The number of aliphatic hydroxyl groups is 1. The lowest BCUT2D eigenvalue weighted by Gasteiger charge is -2.26. The fraction of sp³-hybridized carbons (Fsp3) is 0.615. The normalized spacial score (nSPS) is 15.1. The van der Waals surface area contributed by atoms with Crippen LogP contribution in [0.4, 0.5) is 0 Å². The Morgan fingerprint density at radius 3 is 2.38 bits per heavy atom. The second-order valence-corrected chi connectivity index (χ2v) is 4.53. The molecule has 90 valence electrons. The van der Waals surface area contributed by atoms with E-state index < -0.39 is 0 Å². The molecule has 0 amide bonds. The third kappa shape index (κ3) is 3.91. The van der Waals surface area contributed by atoms with E-state index in [1.165, 1.54) is 5.56 Å². The number of nitrogens with zero attached hydrogens (tertiary/aromatic N) is 1. The van der Waals surface area contributed by atoms with Crippen LogP contribution in [-0.4, -0.2) is 22.7 Å². The van der Waals surface area contributed by atoms with E-state index in [0.29, 0.717) is 18.0 Å². The molecule has 1 aromatic rings. The second kappa shape index (κ2) is 6.61. The number of hydrogen-bond acceptors (Lipinski definition) is 3. The second-order valence-electron chi connectivity index (χ2n) is 4.53. The molecule has 0 aliphatic heterocycles. The lowest BCUT2D eigenvalue weighted by molar-refractivity contribution is 0.237. The van der Waals surface area contributed by atoms with Crippen LogP contribution >= 0.6 is 0 Å². The van der Waals surface area contributed by atoms with E-state index >= 15 is 0 Å². The van der Waals surface area contributed by atoms with Crippen LogP contribution in [0.2, 0.25) is 0 Å². The van der Waals surface area contributed by atoms with Crippen molar-refractivity contribution in [2.45, 2.75) is 39.3 Å². The van der Waals surface area contributed by atoms with Gasteiger partial charge in [-0.15, -0.1) is 0 Å². The predicted molar refractivity (Wildman–Crippen MR) is 66.1 cm³/mol. The molecule has 0 aliphatic carbocycles. The molecule has 0 fully saturated rings. The van der Waals surface area contributed by atoms with Gasteiger partial charge in [0.15, 0.2) is 0 Å². The maximum absolute atomic E-state index is 9.02. The molecule has 1 heterocycles. The molecule has 2 atom stereocenters. The molecule has 1 aromatic heterocycles. The largest absolute Gasteiger partial charge is 0.396 e. The molecule has 0 saturated heterocycles. The minimum atomic E-state index is 0.235. The Balaban J connectivity index is 2.58. The number of aliphatic hydroxyl groups excluding tert-OH is 1. The van der Waals surface area contributed by atoms with Crippen molar-refractivity contribution in [1.29, 1.82) is 0 Å². The maximum atomic E-state index is 9.02. The summed E-state index contributed by atoms with van der Waals surface area (Å²) in [5, 5.41) is 12.6. The van der Waals surface area contributed by atoms with Gasteiger partial charge < -0.3 is 10.4 Å². The van der Waals surface area contributed by atoms with Crippen LogP contribution in [0.1, 0.15) is 38.8 Å². The summed E-state index contributed by atoms with van der Waals surface area (Å²) in [6.45, 7) is 6.72. The fourth-order valence-corrected chi connectivity index (χ4v) is 1.82. The summed E-state index contributed by atoms with van der Waals surface area (Å²) in [6, 6.07) is 4.69. The highest BCUT2D eigenvalue weighted by Gasteiger charge is 2.15. The van der Waals surface area contributed by atoms with Gasteiger partial charge in [-0.05, 0) is 37.0 Å².